The molecule has 9 nitrogen and oxygen atoms in total. The van der Waals surface area contributed by atoms with Gasteiger partial charge in [0.1, 0.15) is 0 Å². The molecule has 9 heteroatoms. The summed E-state index contributed by atoms with van der Waals surface area (Å²) in [6.45, 7) is 4.17. The standard InChI is InChI=1S/C22H27N5O4/c1-14-2-3-17(18(23)8-14)21(30)27-13-22(4-6-31-7-5-22)10-16(27)12-24-20(29)15-9-19(28)26-25-11-15/h2-3,8-9,11,16H,4-7,10,12-13,23H2,1H3,(H,24,29)(H,26,28). The molecule has 2 saturated heterocycles. The first kappa shape index (κ1) is 21.0. The zero-order valence-corrected chi connectivity index (χ0v) is 17.5. The van der Waals surface area contributed by atoms with E-state index in [1.165, 1.54) is 12.3 Å². The predicted octanol–water partition coefficient (Wildman–Crippen LogP) is 1.10. The Morgan fingerprint density at radius 3 is 2.81 bits per heavy atom. The van der Waals surface area contributed by atoms with Gasteiger partial charge in [-0.1, -0.05) is 6.07 Å². The fraction of sp³-hybridized carbons (Fsp3) is 0.455. The average Bonchev–Trinajstić information content (AvgIpc) is 3.09. The summed E-state index contributed by atoms with van der Waals surface area (Å²) in [6, 6.07) is 6.46. The molecule has 0 saturated carbocycles. The van der Waals surface area contributed by atoms with Crippen LogP contribution in [-0.4, -0.2) is 59.3 Å². The Labute approximate surface area is 180 Å². The topological polar surface area (TPSA) is 130 Å². The van der Waals surface area contributed by atoms with Crippen molar-refractivity contribution in [2.45, 2.75) is 32.2 Å². The molecule has 1 atom stereocenters. The van der Waals surface area contributed by atoms with E-state index < -0.39 is 11.5 Å². The highest BCUT2D eigenvalue weighted by molar-refractivity contribution is 5.99. The molecule has 1 aromatic carbocycles. The van der Waals surface area contributed by atoms with Crippen LogP contribution in [0, 0.1) is 12.3 Å². The van der Waals surface area contributed by atoms with Gasteiger partial charge >= 0.3 is 0 Å². The lowest BCUT2D eigenvalue weighted by Gasteiger charge is -2.33. The molecule has 2 amide bonds. The maximum absolute atomic E-state index is 13.4. The fourth-order valence-corrected chi connectivity index (χ4v) is 4.60. The number of hydrogen-bond donors (Lipinski definition) is 3. The summed E-state index contributed by atoms with van der Waals surface area (Å²) in [5.41, 5.74) is 7.78. The van der Waals surface area contributed by atoms with E-state index in [0.717, 1.165) is 24.8 Å². The smallest absolute Gasteiger partial charge is 0.264 e. The first-order valence-electron chi connectivity index (χ1n) is 10.4. The summed E-state index contributed by atoms with van der Waals surface area (Å²) < 4.78 is 5.54. The van der Waals surface area contributed by atoms with Crippen molar-refractivity contribution in [3.05, 3.63) is 57.5 Å². The number of H-pyrrole nitrogens is 1. The van der Waals surface area contributed by atoms with Gasteiger partial charge in [-0.05, 0) is 49.3 Å². The van der Waals surface area contributed by atoms with Crippen molar-refractivity contribution in [3.63, 3.8) is 0 Å². The third kappa shape index (κ3) is 4.46. The van der Waals surface area contributed by atoms with Crippen molar-refractivity contribution in [1.29, 1.82) is 0 Å². The van der Waals surface area contributed by atoms with Gasteiger partial charge in [-0.3, -0.25) is 14.4 Å². The molecule has 1 spiro atoms. The summed E-state index contributed by atoms with van der Waals surface area (Å²) in [7, 11) is 0. The van der Waals surface area contributed by atoms with E-state index in [2.05, 4.69) is 15.5 Å². The van der Waals surface area contributed by atoms with Crippen molar-refractivity contribution in [2.75, 3.05) is 32.0 Å². The van der Waals surface area contributed by atoms with Gasteiger partial charge in [-0.25, -0.2) is 5.10 Å². The monoisotopic (exact) mass is 425 g/mol. The number of likely N-dealkylation sites (tertiary alicyclic amines) is 1. The molecule has 4 rings (SSSR count). The minimum atomic E-state index is -0.443. The molecule has 2 aromatic rings. The zero-order valence-electron chi connectivity index (χ0n) is 17.5. The van der Waals surface area contributed by atoms with Crippen LogP contribution in [0.2, 0.25) is 0 Å². The van der Waals surface area contributed by atoms with Gasteiger partial charge in [0.25, 0.3) is 17.4 Å². The van der Waals surface area contributed by atoms with Gasteiger partial charge in [-0.15, -0.1) is 0 Å². The van der Waals surface area contributed by atoms with Crippen molar-refractivity contribution in [3.8, 4) is 0 Å². The Balaban J connectivity index is 1.54. The number of nitrogens with zero attached hydrogens (tertiary/aromatic N) is 2. The number of aryl methyl sites for hydroxylation is 1. The molecule has 4 N–H and O–H groups in total. The Hall–Kier alpha value is -3.20. The number of carbonyl (C=O) groups excluding carboxylic acids is 2. The molecule has 0 radical (unpaired) electrons. The lowest BCUT2D eigenvalue weighted by atomic mass is 9.78. The van der Waals surface area contributed by atoms with E-state index in [1.54, 1.807) is 12.1 Å². The number of amides is 2. The van der Waals surface area contributed by atoms with Crippen LogP contribution in [0.5, 0.6) is 0 Å². The van der Waals surface area contributed by atoms with Gasteiger partial charge < -0.3 is 20.7 Å². The molecule has 1 unspecified atom stereocenters. The first-order chi connectivity index (χ1) is 14.9. The van der Waals surface area contributed by atoms with Crippen LogP contribution < -0.4 is 16.6 Å². The molecular formula is C22H27N5O4. The van der Waals surface area contributed by atoms with E-state index in [-0.39, 0.29) is 29.5 Å². The average molecular weight is 425 g/mol. The lowest BCUT2D eigenvalue weighted by Crippen LogP contribution is -2.43. The second-order valence-corrected chi connectivity index (χ2v) is 8.54. The summed E-state index contributed by atoms with van der Waals surface area (Å²) in [5, 5.41) is 8.77. The molecular weight excluding hydrogens is 398 g/mol. The number of aromatic nitrogens is 2. The molecule has 164 valence electrons. The third-order valence-electron chi connectivity index (χ3n) is 6.29. The Bertz CT molecular complexity index is 1040. The maximum Gasteiger partial charge on any atom is 0.264 e. The lowest BCUT2D eigenvalue weighted by molar-refractivity contribution is 0.0190. The quantitative estimate of drug-likeness (QED) is 0.629. The third-order valence-corrected chi connectivity index (χ3v) is 6.29. The van der Waals surface area contributed by atoms with E-state index in [9.17, 15) is 14.4 Å². The van der Waals surface area contributed by atoms with Gasteiger partial charge in [0.15, 0.2) is 0 Å². The van der Waals surface area contributed by atoms with E-state index in [1.807, 2.05) is 17.9 Å². The zero-order chi connectivity index (χ0) is 22.0. The molecule has 0 aliphatic carbocycles. The summed E-state index contributed by atoms with van der Waals surface area (Å²) in [4.78, 5) is 39.2. The Morgan fingerprint density at radius 2 is 2.10 bits per heavy atom. The van der Waals surface area contributed by atoms with Crippen molar-refractivity contribution < 1.29 is 14.3 Å². The molecule has 2 aliphatic heterocycles. The number of rotatable bonds is 4. The van der Waals surface area contributed by atoms with Crippen LogP contribution in [0.4, 0.5) is 5.69 Å². The van der Waals surface area contributed by atoms with E-state index >= 15 is 0 Å². The highest BCUT2D eigenvalue weighted by Gasteiger charge is 2.46. The number of aromatic amines is 1. The number of nitrogens with two attached hydrogens (primary N) is 1. The first-order valence-corrected chi connectivity index (χ1v) is 10.4. The van der Waals surface area contributed by atoms with Gasteiger partial charge in [0.05, 0.1) is 17.3 Å². The SMILES string of the molecule is Cc1ccc(C(=O)N2CC3(CCOCC3)CC2CNC(=O)c2cn[nH]c(=O)c2)c(N)c1. The van der Waals surface area contributed by atoms with E-state index in [4.69, 9.17) is 10.5 Å². The summed E-state index contributed by atoms with van der Waals surface area (Å²) in [6.07, 6.45) is 3.84. The van der Waals surface area contributed by atoms with Crippen LogP contribution in [-0.2, 0) is 4.74 Å². The largest absolute Gasteiger partial charge is 0.398 e. The van der Waals surface area contributed by atoms with Crippen LogP contribution >= 0.6 is 0 Å². The highest BCUT2D eigenvalue weighted by atomic mass is 16.5. The maximum atomic E-state index is 13.4. The Morgan fingerprint density at radius 1 is 1.32 bits per heavy atom. The van der Waals surface area contributed by atoms with Gasteiger partial charge in [0, 0.05) is 44.1 Å². The second kappa shape index (κ2) is 8.50. The van der Waals surface area contributed by atoms with Crippen molar-refractivity contribution in [2.24, 2.45) is 5.41 Å². The fourth-order valence-electron chi connectivity index (χ4n) is 4.60. The van der Waals surface area contributed by atoms with E-state index in [0.29, 0.717) is 31.0 Å². The number of ether oxygens (including phenoxy) is 1. The predicted molar refractivity (Wildman–Crippen MR) is 115 cm³/mol. The number of anilines is 1. The van der Waals surface area contributed by atoms with Crippen LogP contribution in [0.1, 0.15) is 45.5 Å². The minimum absolute atomic E-state index is 0.0196. The van der Waals surface area contributed by atoms with Gasteiger partial charge in [0.2, 0.25) is 0 Å². The molecule has 0 bridgehead atoms. The molecule has 1 aromatic heterocycles. The molecule has 2 aliphatic rings. The second-order valence-electron chi connectivity index (χ2n) is 8.54. The number of nitrogen functional groups attached to an aromatic ring is 1. The number of hydrogen-bond acceptors (Lipinski definition) is 6. The highest BCUT2D eigenvalue weighted by Crippen LogP contribution is 2.43. The number of carbonyl (C=O) groups is 2. The molecule has 31 heavy (non-hydrogen) atoms. The van der Waals surface area contributed by atoms with Crippen LogP contribution in [0.25, 0.3) is 0 Å². The minimum Gasteiger partial charge on any atom is -0.398 e. The van der Waals surface area contributed by atoms with Crippen LogP contribution in [0.3, 0.4) is 0 Å². The van der Waals surface area contributed by atoms with Gasteiger partial charge in [-0.2, -0.15) is 5.10 Å². The molecule has 3 heterocycles. The summed E-state index contributed by atoms with van der Waals surface area (Å²) >= 11 is 0. The molecule has 2 fully saturated rings. The van der Waals surface area contributed by atoms with Crippen molar-refractivity contribution >= 4 is 17.5 Å². The Kier molecular flexibility index (Phi) is 5.77. The summed E-state index contributed by atoms with van der Waals surface area (Å²) in [5.74, 6) is -0.522. The normalized spacial score (nSPS) is 20.0. The number of benzene rings is 1. The van der Waals surface area contributed by atoms with Crippen molar-refractivity contribution in [1.82, 2.24) is 20.4 Å². The number of nitrogens with one attached hydrogen (secondary N) is 2. The van der Waals surface area contributed by atoms with Crippen LogP contribution in [0.15, 0.2) is 35.3 Å².